The van der Waals surface area contributed by atoms with Gasteiger partial charge >= 0.3 is 0 Å². The van der Waals surface area contributed by atoms with E-state index < -0.39 is 10.0 Å². The highest BCUT2D eigenvalue weighted by atomic mass is 32.2. The Hall–Kier alpha value is -2.29. The first-order chi connectivity index (χ1) is 14.9. The van der Waals surface area contributed by atoms with Crippen molar-refractivity contribution in [2.24, 2.45) is 17.8 Å². The molecule has 2 saturated carbocycles. The van der Waals surface area contributed by atoms with Crippen LogP contribution >= 0.6 is 11.3 Å². The molecule has 5 rings (SSSR count). The van der Waals surface area contributed by atoms with E-state index in [0.29, 0.717) is 23.1 Å². The SMILES string of the molecule is C[C@H](NS(=O)(=O)c1ccc(NC(=O)c2ccc3ncsc3c2)cc1)[C@H]1C[C@H]2CC[C@H]1C2. The van der Waals surface area contributed by atoms with E-state index >= 15 is 0 Å². The number of carbonyl (C=O) groups is 1. The summed E-state index contributed by atoms with van der Waals surface area (Å²) in [6.45, 7) is 1.98. The summed E-state index contributed by atoms with van der Waals surface area (Å²) >= 11 is 1.48. The molecular weight excluding hydrogens is 430 g/mol. The van der Waals surface area contributed by atoms with Gasteiger partial charge in [-0.05, 0) is 86.4 Å². The standard InChI is InChI=1S/C23H25N3O3S2/c1-14(20-11-15-2-3-16(20)10-15)26-31(28,29)19-7-5-18(6-8-19)25-23(27)17-4-9-21-22(12-17)30-13-24-21/h4-9,12-16,20,26H,2-3,10-11H2,1H3,(H,25,27)/t14-,15-,16-,20+/m0/s1. The first-order valence-electron chi connectivity index (χ1n) is 10.7. The van der Waals surface area contributed by atoms with Crippen molar-refractivity contribution in [3.05, 3.63) is 53.5 Å². The van der Waals surface area contributed by atoms with E-state index in [9.17, 15) is 13.2 Å². The molecule has 0 radical (unpaired) electrons. The van der Waals surface area contributed by atoms with Crippen LogP contribution in [0.5, 0.6) is 0 Å². The average molecular weight is 456 g/mol. The molecule has 0 aliphatic heterocycles. The maximum atomic E-state index is 12.9. The number of nitrogens with one attached hydrogen (secondary N) is 2. The minimum absolute atomic E-state index is 0.0682. The Morgan fingerprint density at radius 2 is 1.94 bits per heavy atom. The summed E-state index contributed by atoms with van der Waals surface area (Å²) in [4.78, 5) is 17.0. The second kappa shape index (κ2) is 8.00. The number of benzene rings is 2. The zero-order chi connectivity index (χ0) is 21.6. The number of rotatable bonds is 6. The van der Waals surface area contributed by atoms with Gasteiger partial charge in [-0.3, -0.25) is 4.79 Å². The summed E-state index contributed by atoms with van der Waals surface area (Å²) in [6, 6.07) is 11.6. The van der Waals surface area contributed by atoms with E-state index in [-0.39, 0.29) is 16.8 Å². The predicted octanol–water partition coefficient (Wildman–Crippen LogP) is 4.65. The van der Waals surface area contributed by atoms with E-state index in [2.05, 4.69) is 15.0 Å². The van der Waals surface area contributed by atoms with E-state index in [0.717, 1.165) is 22.6 Å². The van der Waals surface area contributed by atoms with Gasteiger partial charge in [-0.15, -0.1) is 11.3 Å². The number of amides is 1. The fourth-order valence-electron chi connectivity index (χ4n) is 5.22. The fraction of sp³-hybridized carbons (Fsp3) is 0.391. The molecule has 162 valence electrons. The lowest BCUT2D eigenvalue weighted by atomic mass is 9.84. The van der Waals surface area contributed by atoms with Crippen molar-refractivity contribution in [1.82, 2.24) is 9.71 Å². The van der Waals surface area contributed by atoms with Gasteiger partial charge in [0.05, 0.1) is 20.6 Å². The summed E-state index contributed by atoms with van der Waals surface area (Å²) < 4.78 is 29.5. The Morgan fingerprint density at radius 1 is 1.13 bits per heavy atom. The van der Waals surface area contributed by atoms with Crippen molar-refractivity contribution in [3.8, 4) is 0 Å². The highest BCUT2D eigenvalue weighted by molar-refractivity contribution is 7.89. The summed E-state index contributed by atoms with van der Waals surface area (Å²) in [7, 11) is -3.60. The number of carbonyl (C=O) groups excluding carboxylic acids is 1. The number of thiazole rings is 1. The first kappa shape index (κ1) is 20.6. The van der Waals surface area contributed by atoms with Gasteiger partial charge in [0.1, 0.15) is 0 Å². The second-order valence-electron chi connectivity index (χ2n) is 8.76. The molecule has 2 aliphatic carbocycles. The van der Waals surface area contributed by atoms with Crippen LogP contribution in [0.1, 0.15) is 43.0 Å². The Kier molecular flexibility index (Phi) is 5.32. The number of nitrogens with zero attached hydrogens (tertiary/aromatic N) is 1. The molecule has 0 spiro atoms. The number of hydrogen-bond donors (Lipinski definition) is 2. The van der Waals surface area contributed by atoms with Crippen LogP contribution in [0.4, 0.5) is 5.69 Å². The van der Waals surface area contributed by atoms with Gasteiger partial charge in [0, 0.05) is 17.3 Å². The highest BCUT2D eigenvalue weighted by Gasteiger charge is 2.42. The topological polar surface area (TPSA) is 88.2 Å². The smallest absolute Gasteiger partial charge is 0.255 e. The molecular formula is C23H25N3O3S2. The minimum Gasteiger partial charge on any atom is -0.322 e. The van der Waals surface area contributed by atoms with Gasteiger partial charge in [0.2, 0.25) is 10.0 Å². The fourth-order valence-corrected chi connectivity index (χ4v) is 7.23. The van der Waals surface area contributed by atoms with Crippen molar-refractivity contribution < 1.29 is 13.2 Å². The quantitative estimate of drug-likeness (QED) is 0.566. The van der Waals surface area contributed by atoms with E-state index in [1.807, 2.05) is 19.1 Å². The van der Waals surface area contributed by atoms with Crippen LogP contribution in [0.25, 0.3) is 10.2 Å². The lowest BCUT2D eigenvalue weighted by molar-refractivity contribution is 0.102. The van der Waals surface area contributed by atoms with Gasteiger partial charge < -0.3 is 5.32 Å². The molecule has 1 heterocycles. The molecule has 2 N–H and O–H groups in total. The number of anilines is 1. The lowest BCUT2D eigenvalue weighted by Crippen LogP contribution is -2.40. The molecule has 2 aliphatic rings. The van der Waals surface area contributed by atoms with Gasteiger partial charge in [0.25, 0.3) is 5.91 Å². The molecule has 2 bridgehead atoms. The average Bonchev–Trinajstić information content (AvgIpc) is 3.50. The second-order valence-corrected chi connectivity index (χ2v) is 11.4. The van der Waals surface area contributed by atoms with Crippen LogP contribution in [-0.4, -0.2) is 25.4 Å². The zero-order valence-electron chi connectivity index (χ0n) is 17.2. The molecule has 2 fully saturated rings. The highest BCUT2D eigenvalue weighted by Crippen LogP contribution is 2.49. The maximum Gasteiger partial charge on any atom is 0.255 e. The molecule has 0 saturated heterocycles. The number of sulfonamides is 1. The molecule has 2 aromatic carbocycles. The Bertz CT molecular complexity index is 1220. The van der Waals surface area contributed by atoms with Gasteiger partial charge in [0.15, 0.2) is 0 Å². The van der Waals surface area contributed by atoms with Crippen molar-refractivity contribution in [2.75, 3.05) is 5.32 Å². The molecule has 31 heavy (non-hydrogen) atoms. The third-order valence-corrected chi connectivity index (χ3v) is 9.16. The van der Waals surface area contributed by atoms with E-state index in [4.69, 9.17) is 0 Å². The van der Waals surface area contributed by atoms with Crippen LogP contribution in [0.3, 0.4) is 0 Å². The first-order valence-corrected chi connectivity index (χ1v) is 13.0. The van der Waals surface area contributed by atoms with Crippen molar-refractivity contribution in [2.45, 2.75) is 43.5 Å². The minimum atomic E-state index is -3.60. The van der Waals surface area contributed by atoms with E-state index in [1.165, 1.54) is 42.7 Å². The van der Waals surface area contributed by atoms with Gasteiger partial charge in [-0.2, -0.15) is 0 Å². The molecule has 6 nitrogen and oxygen atoms in total. The summed E-state index contributed by atoms with van der Waals surface area (Å²) in [5.41, 5.74) is 3.70. The van der Waals surface area contributed by atoms with Crippen molar-refractivity contribution >= 4 is 43.2 Å². The Balaban J connectivity index is 1.25. The normalized spacial score (nSPS) is 23.8. The molecule has 4 atom stereocenters. The van der Waals surface area contributed by atoms with Crippen molar-refractivity contribution in [1.29, 1.82) is 0 Å². The van der Waals surface area contributed by atoms with Crippen LogP contribution in [0, 0.1) is 17.8 Å². The molecule has 0 unspecified atom stereocenters. The number of hydrogen-bond acceptors (Lipinski definition) is 5. The monoisotopic (exact) mass is 455 g/mol. The molecule has 3 aromatic rings. The molecule has 8 heteroatoms. The lowest BCUT2D eigenvalue weighted by Gasteiger charge is -2.28. The van der Waals surface area contributed by atoms with Crippen LogP contribution in [0.2, 0.25) is 0 Å². The predicted molar refractivity (Wildman–Crippen MR) is 123 cm³/mol. The van der Waals surface area contributed by atoms with Crippen LogP contribution in [0.15, 0.2) is 52.9 Å². The Labute approximate surface area is 186 Å². The molecule has 1 amide bonds. The summed E-state index contributed by atoms with van der Waals surface area (Å²) in [5, 5.41) is 2.83. The van der Waals surface area contributed by atoms with E-state index in [1.54, 1.807) is 23.7 Å². The maximum absolute atomic E-state index is 12.9. The van der Waals surface area contributed by atoms with Gasteiger partial charge in [-0.25, -0.2) is 18.1 Å². The van der Waals surface area contributed by atoms with Crippen LogP contribution < -0.4 is 10.0 Å². The Morgan fingerprint density at radius 3 is 2.65 bits per heavy atom. The summed E-state index contributed by atoms with van der Waals surface area (Å²) in [5.74, 6) is 1.63. The largest absolute Gasteiger partial charge is 0.322 e. The van der Waals surface area contributed by atoms with Crippen LogP contribution in [-0.2, 0) is 10.0 Å². The third kappa shape index (κ3) is 4.12. The summed E-state index contributed by atoms with van der Waals surface area (Å²) in [6.07, 6.45) is 4.91. The third-order valence-electron chi connectivity index (χ3n) is 6.79. The number of fused-ring (bicyclic) bond motifs is 3. The van der Waals surface area contributed by atoms with Gasteiger partial charge in [-0.1, -0.05) is 6.42 Å². The molecule has 1 aromatic heterocycles. The zero-order valence-corrected chi connectivity index (χ0v) is 18.9. The number of aromatic nitrogens is 1. The van der Waals surface area contributed by atoms with Crippen molar-refractivity contribution in [3.63, 3.8) is 0 Å².